The molecule has 0 aliphatic carbocycles. The highest BCUT2D eigenvalue weighted by Gasteiger charge is 2.09. The topological polar surface area (TPSA) is 79.2 Å². The summed E-state index contributed by atoms with van der Waals surface area (Å²) >= 11 is 0. The molecular weight excluding hydrogens is 224 g/mol. The summed E-state index contributed by atoms with van der Waals surface area (Å²) in [5, 5.41) is 26.8. The molecule has 96 valence electrons. The lowest BCUT2D eigenvalue weighted by Gasteiger charge is -2.12. The lowest BCUT2D eigenvalue weighted by atomic mass is 10.1. The second-order valence-corrected chi connectivity index (χ2v) is 3.60. The van der Waals surface area contributed by atoms with Gasteiger partial charge in [0, 0.05) is 6.42 Å². The molecule has 0 fully saturated rings. The van der Waals surface area contributed by atoms with E-state index in [0.29, 0.717) is 17.9 Å². The molecule has 1 atom stereocenters. The average Bonchev–Trinajstić information content (AvgIpc) is 2.36. The minimum Gasteiger partial charge on any atom is -0.493 e. The van der Waals surface area contributed by atoms with Gasteiger partial charge >= 0.3 is 0 Å². The summed E-state index contributed by atoms with van der Waals surface area (Å²) in [6.07, 6.45) is -0.420. The van der Waals surface area contributed by atoms with Crippen molar-refractivity contribution in [1.82, 2.24) is 0 Å². The Labute approximate surface area is 100 Å². The molecule has 3 N–H and O–H groups in total. The monoisotopic (exact) mass is 242 g/mol. The van der Waals surface area contributed by atoms with Gasteiger partial charge in [-0.25, -0.2) is 0 Å². The summed E-state index contributed by atoms with van der Waals surface area (Å²) < 4.78 is 10.4. The quantitative estimate of drug-likeness (QED) is 0.625. The molecule has 0 saturated heterocycles. The van der Waals surface area contributed by atoms with Crippen LogP contribution in [0.4, 0.5) is 0 Å². The van der Waals surface area contributed by atoms with Crippen LogP contribution in [-0.4, -0.2) is 48.4 Å². The molecular formula is C12H18O5. The van der Waals surface area contributed by atoms with Crippen molar-refractivity contribution in [3.05, 3.63) is 23.8 Å². The molecule has 0 aliphatic rings. The zero-order chi connectivity index (χ0) is 12.7. The van der Waals surface area contributed by atoms with Crippen molar-refractivity contribution in [3.8, 4) is 11.5 Å². The van der Waals surface area contributed by atoms with Crippen LogP contribution in [0.15, 0.2) is 18.2 Å². The van der Waals surface area contributed by atoms with E-state index in [1.54, 1.807) is 18.2 Å². The van der Waals surface area contributed by atoms with Gasteiger partial charge in [0.2, 0.25) is 0 Å². The molecule has 0 heterocycles. The Balaban J connectivity index is 2.77. The van der Waals surface area contributed by atoms with Crippen LogP contribution < -0.4 is 9.47 Å². The van der Waals surface area contributed by atoms with Gasteiger partial charge in [-0.2, -0.15) is 0 Å². The van der Waals surface area contributed by atoms with Crippen molar-refractivity contribution >= 4 is 0 Å². The lowest BCUT2D eigenvalue weighted by molar-refractivity contribution is 0.0954. The molecule has 5 nitrogen and oxygen atoms in total. The first-order chi connectivity index (χ1) is 8.21. The molecule has 5 heteroatoms. The van der Waals surface area contributed by atoms with Crippen LogP contribution in [0.25, 0.3) is 0 Å². The maximum Gasteiger partial charge on any atom is 0.161 e. The van der Waals surface area contributed by atoms with Crippen LogP contribution in [0.1, 0.15) is 5.56 Å². The maximum atomic E-state index is 9.33. The van der Waals surface area contributed by atoms with Crippen LogP contribution in [0.5, 0.6) is 11.5 Å². The molecule has 0 saturated carbocycles. The summed E-state index contributed by atoms with van der Waals surface area (Å²) in [5.41, 5.74) is 0.847. The SMILES string of the molecule is COc1cc(C[C@@H](O)CO)ccc1OCCO. The zero-order valence-corrected chi connectivity index (χ0v) is 9.80. The first kappa shape index (κ1) is 13.8. The normalized spacial score (nSPS) is 12.2. The van der Waals surface area contributed by atoms with Crippen molar-refractivity contribution in [2.75, 3.05) is 26.9 Å². The Kier molecular flexibility index (Phi) is 5.76. The van der Waals surface area contributed by atoms with E-state index in [1.165, 1.54) is 7.11 Å². The van der Waals surface area contributed by atoms with Gasteiger partial charge in [-0.05, 0) is 17.7 Å². The third-order valence-electron chi connectivity index (χ3n) is 2.26. The van der Waals surface area contributed by atoms with E-state index in [-0.39, 0.29) is 19.8 Å². The zero-order valence-electron chi connectivity index (χ0n) is 9.80. The molecule has 0 aliphatic heterocycles. The van der Waals surface area contributed by atoms with Crippen molar-refractivity contribution in [3.63, 3.8) is 0 Å². The Bertz CT molecular complexity index is 340. The molecule has 0 unspecified atom stereocenters. The smallest absolute Gasteiger partial charge is 0.161 e. The molecule has 1 rings (SSSR count). The fourth-order valence-electron chi connectivity index (χ4n) is 1.45. The fraction of sp³-hybridized carbons (Fsp3) is 0.500. The first-order valence-corrected chi connectivity index (χ1v) is 5.40. The number of aliphatic hydroxyl groups is 3. The molecule has 0 radical (unpaired) electrons. The van der Waals surface area contributed by atoms with Crippen molar-refractivity contribution in [1.29, 1.82) is 0 Å². The van der Waals surface area contributed by atoms with Gasteiger partial charge in [0.05, 0.1) is 26.4 Å². The maximum absolute atomic E-state index is 9.33. The van der Waals surface area contributed by atoms with Crippen LogP contribution in [0.2, 0.25) is 0 Å². The van der Waals surface area contributed by atoms with Gasteiger partial charge in [0.1, 0.15) is 6.61 Å². The van der Waals surface area contributed by atoms with Crippen LogP contribution in [-0.2, 0) is 6.42 Å². The van der Waals surface area contributed by atoms with Crippen molar-refractivity contribution < 1.29 is 24.8 Å². The molecule has 17 heavy (non-hydrogen) atoms. The third-order valence-corrected chi connectivity index (χ3v) is 2.26. The number of ether oxygens (including phenoxy) is 2. The lowest BCUT2D eigenvalue weighted by Crippen LogP contribution is -2.15. The summed E-state index contributed by atoms with van der Waals surface area (Å²) in [6.45, 7) is -0.131. The van der Waals surface area contributed by atoms with Crippen molar-refractivity contribution in [2.24, 2.45) is 0 Å². The summed E-state index contributed by atoms with van der Waals surface area (Å²) in [5.74, 6) is 1.09. The number of hydrogen-bond donors (Lipinski definition) is 3. The standard InChI is InChI=1S/C12H18O5/c1-16-12-7-9(6-10(15)8-14)2-3-11(12)17-5-4-13/h2-3,7,10,13-15H,4-6,8H2,1H3/t10-/m1/s1. The van der Waals surface area contributed by atoms with E-state index in [2.05, 4.69) is 0 Å². The highest BCUT2D eigenvalue weighted by Crippen LogP contribution is 2.28. The Morgan fingerprint density at radius 3 is 2.59 bits per heavy atom. The van der Waals surface area contributed by atoms with E-state index >= 15 is 0 Å². The molecule has 1 aromatic carbocycles. The molecule has 1 aromatic rings. The van der Waals surface area contributed by atoms with Gasteiger partial charge in [0.25, 0.3) is 0 Å². The minimum atomic E-state index is -0.774. The second-order valence-electron chi connectivity index (χ2n) is 3.60. The highest BCUT2D eigenvalue weighted by molar-refractivity contribution is 5.43. The molecule has 0 bridgehead atoms. The summed E-state index contributed by atoms with van der Waals surface area (Å²) in [7, 11) is 1.52. The Morgan fingerprint density at radius 1 is 1.24 bits per heavy atom. The average molecular weight is 242 g/mol. The van der Waals surface area contributed by atoms with Gasteiger partial charge in [0.15, 0.2) is 11.5 Å². The van der Waals surface area contributed by atoms with Gasteiger partial charge in [-0.15, -0.1) is 0 Å². The number of hydrogen-bond acceptors (Lipinski definition) is 5. The predicted molar refractivity (Wildman–Crippen MR) is 62.4 cm³/mol. The number of rotatable bonds is 7. The fourth-order valence-corrected chi connectivity index (χ4v) is 1.45. The van der Waals surface area contributed by atoms with E-state index in [0.717, 1.165) is 5.56 Å². The Morgan fingerprint density at radius 2 is 2.00 bits per heavy atom. The number of benzene rings is 1. The molecule has 0 amide bonds. The second kappa shape index (κ2) is 7.11. The van der Waals surface area contributed by atoms with Gasteiger partial charge < -0.3 is 24.8 Å². The molecule has 0 spiro atoms. The van der Waals surface area contributed by atoms with Crippen LogP contribution >= 0.6 is 0 Å². The van der Waals surface area contributed by atoms with E-state index < -0.39 is 6.10 Å². The molecule has 0 aromatic heterocycles. The largest absolute Gasteiger partial charge is 0.493 e. The van der Waals surface area contributed by atoms with Crippen LogP contribution in [0, 0.1) is 0 Å². The summed E-state index contributed by atoms with van der Waals surface area (Å²) in [6, 6.07) is 5.24. The predicted octanol–water partition coefficient (Wildman–Crippen LogP) is -0.0380. The minimum absolute atomic E-state index is 0.0614. The highest BCUT2D eigenvalue weighted by atomic mass is 16.5. The van der Waals surface area contributed by atoms with E-state index in [9.17, 15) is 5.11 Å². The van der Waals surface area contributed by atoms with E-state index in [4.69, 9.17) is 19.7 Å². The summed E-state index contributed by atoms with van der Waals surface area (Å²) in [4.78, 5) is 0. The first-order valence-electron chi connectivity index (χ1n) is 5.40. The van der Waals surface area contributed by atoms with Crippen LogP contribution in [0.3, 0.4) is 0 Å². The van der Waals surface area contributed by atoms with Crippen molar-refractivity contribution in [2.45, 2.75) is 12.5 Å². The number of aliphatic hydroxyl groups excluding tert-OH is 3. The van der Waals surface area contributed by atoms with Gasteiger partial charge in [-0.1, -0.05) is 6.07 Å². The third kappa shape index (κ3) is 4.22. The number of methoxy groups -OCH3 is 1. The van der Waals surface area contributed by atoms with E-state index in [1.807, 2.05) is 0 Å². The Hall–Kier alpha value is -1.30. The van der Waals surface area contributed by atoms with Gasteiger partial charge in [-0.3, -0.25) is 0 Å².